The van der Waals surface area contributed by atoms with Crippen molar-refractivity contribution < 1.29 is 12.8 Å². The van der Waals surface area contributed by atoms with Crippen LogP contribution in [0, 0.1) is 0 Å². The Kier molecular flexibility index (Phi) is 2.99. The van der Waals surface area contributed by atoms with Crippen LogP contribution in [-0.4, -0.2) is 20.1 Å². The van der Waals surface area contributed by atoms with E-state index in [9.17, 15) is 12.8 Å². The summed E-state index contributed by atoms with van der Waals surface area (Å²) in [5.74, 6) is 0. The molecule has 2 rings (SSSR count). The van der Waals surface area contributed by atoms with E-state index in [0.717, 1.165) is 6.42 Å². The third-order valence-corrected chi connectivity index (χ3v) is 4.89. The average Bonchev–Trinajstić information content (AvgIpc) is 2.31. The standard InChI is InChI=1S/C11H14FNO2S/c12-11(8-4-5-9-13-11)16(14,15)10-6-2-1-3-7-10/h1-3,6-7,13H,4-5,8-9H2. The van der Waals surface area contributed by atoms with Gasteiger partial charge in [0.2, 0.25) is 9.84 Å². The lowest BCUT2D eigenvalue weighted by Gasteiger charge is -2.30. The zero-order chi connectivity index (χ0) is 11.6. The van der Waals surface area contributed by atoms with Crippen molar-refractivity contribution >= 4 is 9.84 Å². The number of piperidine rings is 1. The van der Waals surface area contributed by atoms with Gasteiger partial charge in [0, 0.05) is 6.42 Å². The Bertz CT molecular complexity index is 452. The van der Waals surface area contributed by atoms with E-state index in [-0.39, 0.29) is 11.3 Å². The van der Waals surface area contributed by atoms with E-state index in [2.05, 4.69) is 5.32 Å². The van der Waals surface area contributed by atoms with Gasteiger partial charge < -0.3 is 0 Å². The van der Waals surface area contributed by atoms with Gasteiger partial charge in [-0.15, -0.1) is 0 Å². The molecule has 0 aliphatic carbocycles. The molecule has 5 heteroatoms. The summed E-state index contributed by atoms with van der Waals surface area (Å²) in [6.45, 7) is 0.405. The topological polar surface area (TPSA) is 46.2 Å². The number of benzene rings is 1. The maximum Gasteiger partial charge on any atom is 0.267 e. The summed E-state index contributed by atoms with van der Waals surface area (Å²) in [5, 5.41) is 0.181. The molecule has 1 aromatic rings. The summed E-state index contributed by atoms with van der Waals surface area (Å²) in [4.78, 5) is 0.0342. The van der Waals surface area contributed by atoms with E-state index >= 15 is 0 Å². The zero-order valence-corrected chi connectivity index (χ0v) is 9.63. The largest absolute Gasteiger partial charge is 0.272 e. The highest BCUT2D eigenvalue weighted by atomic mass is 32.2. The Balaban J connectivity index is 2.39. The molecule has 16 heavy (non-hydrogen) atoms. The van der Waals surface area contributed by atoms with Crippen LogP contribution < -0.4 is 5.32 Å². The van der Waals surface area contributed by atoms with Crippen LogP contribution >= 0.6 is 0 Å². The molecule has 0 amide bonds. The van der Waals surface area contributed by atoms with Gasteiger partial charge in [-0.3, -0.25) is 5.32 Å². The van der Waals surface area contributed by atoms with Crippen molar-refractivity contribution in [2.75, 3.05) is 6.54 Å². The van der Waals surface area contributed by atoms with Gasteiger partial charge in [-0.25, -0.2) is 12.8 Å². The molecular weight excluding hydrogens is 229 g/mol. The molecule has 0 spiro atoms. The van der Waals surface area contributed by atoms with Crippen LogP contribution in [0.15, 0.2) is 35.2 Å². The van der Waals surface area contributed by atoms with E-state index in [1.54, 1.807) is 18.2 Å². The highest BCUT2D eigenvalue weighted by molar-refractivity contribution is 7.92. The van der Waals surface area contributed by atoms with E-state index in [4.69, 9.17) is 0 Å². The highest BCUT2D eigenvalue weighted by Gasteiger charge is 2.45. The highest BCUT2D eigenvalue weighted by Crippen LogP contribution is 2.31. The van der Waals surface area contributed by atoms with Crippen molar-refractivity contribution in [3.05, 3.63) is 30.3 Å². The summed E-state index contributed by atoms with van der Waals surface area (Å²) < 4.78 is 38.5. The Morgan fingerprint density at radius 1 is 1.19 bits per heavy atom. The predicted octanol–water partition coefficient (Wildman–Crippen LogP) is 1.86. The normalized spacial score (nSPS) is 26.6. The van der Waals surface area contributed by atoms with Gasteiger partial charge >= 0.3 is 0 Å². The van der Waals surface area contributed by atoms with Crippen LogP contribution in [0.2, 0.25) is 0 Å². The van der Waals surface area contributed by atoms with Crippen molar-refractivity contribution in [1.29, 1.82) is 0 Å². The van der Waals surface area contributed by atoms with Crippen molar-refractivity contribution in [1.82, 2.24) is 5.32 Å². The molecule has 1 saturated heterocycles. The Morgan fingerprint density at radius 3 is 2.44 bits per heavy atom. The molecule has 0 radical (unpaired) electrons. The minimum atomic E-state index is -3.94. The monoisotopic (exact) mass is 243 g/mol. The second kappa shape index (κ2) is 4.14. The minimum absolute atomic E-state index is 0.0181. The number of halogens is 1. The molecule has 0 bridgehead atoms. The van der Waals surface area contributed by atoms with E-state index in [1.165, 1.54) is 12.1 Å². The summed E-state index contributed by atoms with van der Waals surface area (Å²) in [7, 11) is -3.94. The number of sulfone groups is 1. The fraction of sp³-hybridized carbons (Fsp3) is 0.455. The summed E-state index contributed by atoms with van der Waals surface area (Å²) in [6, 6.07) is 7.75. The Labute approximate surface area is 94.6 Å². The first-order chi connectivity index (χ1) is 7.56. The first kappa shape index (κ1) is 11.5. The second-order valence-electron chi connectivity index (χ2n) is 3.93. The van der Waals surface area contributed by atoms with Crippen LogP contribution in [0.5, 0.6) is 0 Å². The minimum Gasteiger partial charge on any atom is -0.272 e. The first-order valence-corrected chi connectivity index (χ1v) is 6.78. The van der Waals surface area contributed by atoms with Gasteiger partial charge in [-0.05, 0) is 31.5 Å². The van der Waals surface area contributed by atoms with E-state index in [1.807, 2.05) is 0 Å². The molecule has 88 valence electrons. The number of hydrogen-bond donors (Lipinski definition) is 1. The zero-order valence-electron chi connectivity index (χ0n) is 8.82. The number of nitrogens with one attached hydrogen (secondary N) is 1. The molecule has 1 aromatic carbocycles. The third-order valence-electron chi connectivity index (χ3n) is 2.79. The summed E-state index contributed by atoms with van der Waals surface area (Å²) in [5.41, 5.74) is 0. The number of alkyl halides is 1. The van der Waals surface area contributed by atoms with Crippen molar-refractivity contribution in [3.63, 3.8) is 0 Å². The predicted molar refractivity (Wildman–Crippen MR) is 59.3 cm³/mol. The second-order valence-corrected chi connectivity index (χ2v) is 6.05. The van der Waals surface area contributed by atoms with Crippen LogP contribution in [0.1, 0.15) is 19.3 Å². The fourth-order valence-electron chi connectivity index (χ4n) is 1.86. The maximum atomic E-state index is 14.3. The maximum absolute atomic E-state index is 14.3. The van der Waals surface area contributed by atoms with Crippen molar-refractivity contribution in [3.8, 4) is 0 Å². The SMILES string of the molecule is O=S(=O)(c1ccccc1)C1(F)CCCCN1. The van der Waals surface area contributed by atoms with E-state index < -0.39 is 15.0 Å². The molecule has 1 aliphatic heterocycles. The smallest absolute Gasteiger partial charge is 0.267 e. The number of hydrogen-bond acceptors (Lipinski definition) is 3. The molecule has 1 atom stereocenters. The number of rotatable bonds is 2. The van der Waals surface area contributed by atoms with Crippen LogP contribution in [0.3, 0.4) is 0 Å². The molecule has 0 aromatic heterocycles. The van der Waals surface area contributed by atoms with E-state index in [0.29, 0.717) is 13.0 Å². The van der Waals surface area contributed by atoms with Crippen LogP contribution in [-0.2, 0) is 9.84 Å². The van der Waals surface area contributed by atoms with Gasteiger partial charge in [0.15, 0.2) is 0 Å². The Hall–Kier alpha value is -0.940. The molecular formula is C11H14FNO2S. The first-order valence-electron chi connectivity index (χ1n) is 5.30. The lowest BCUT2D eigenvalue weighted by atomic mass is 10.1. The lowest BCUT2D eigenvalue weighted by Crippen LogP contribution is -2.50. The molecule has 3 nitrogen and oxygen atoms in total. The van der Waals surface area contributed by atoms with Gasteiger partial charge in [-0.2, -0.15) is 0 Å². The van der Waals surface area contributed by atoms with Gasteiger partial charge in [-0.1, -0.05) is 18.2 Å². The fourth-order valence-corrected chi connectivity index (χ4v) is 3.45. The van der Waals surface area contributed by atoms with Crippen molar-refractivity contribution in [2.24, 2.45) is 0 Å². The molecule has 1 fully saturated rings. The Morgan fingerprint density at radius 2 is 1.88 bits per heavy atom. The molecule has 0 saturated carbocycles. The molecule has 1 unspecified atom stereocenters. The molecule has 1 N–H and O–H groups in total. The van der Waals surface area contributed by atoms with Gasteiger partial charge in [0.05, 0.1) is 4.90 Å². The average molecular weight is 243 g/mol. The summed E-state index contributed by atoms with van der Waals surface area (Å²) in [6.07, 6.45) is 1.43. The van der Waals surface area contributed by atoms with Crippen LogP contribution in [0.4, 0.5) is 4.39 Å². The van der Waals surface area contributed by atoms with Crippen molar-refractivity contribution in [2.45, 2.75) is 29.3 Å². The lowest BCUT2D eigenvalue weighted by molar-refractivity contribution is 0.168. The quantitative estimate of drug-likeness (QED) is 0.806. The molecule has 1 heterocycles. The summed E-state index contributed by atoms with van der Waals surface area (Å²) >= 11 is 0. The van der Waals surface area contributed by atoms with Gasteiger partial charge in [0.25, 0.3) is 5.12 Å². The third kappa shape index (κ3) is 1.85. The van der Waals surface area contributed by atoms with Gasteiger partial charge in [0.1, 0.15) is 0 Å². The molecule has 1 aliphatic rings. The van der Waals surface area contributed by atoms with Crippen LogP contribution in [0.25, 0.3) is 0 Å².